The normalized spacial score (nSPS) is 17.3. The first-order valence-electron chi connectivity index (χ1n) is 7.47. The van der Waals surface area contributed by atoms with Crippen molar-refractivity contribution in [3.63, 3.8) is 0 Å². The number of ether oxygens (including phenoxy) is 1. The van der Waals surface area contributed by atoms with Crippen molar-refractivity contribution < 1.29 is 9.53 Å². The zero-order valence-electron chi connectivity index (χ0n) is 13.3. The van der Waals surface area contributed by atoms with Gasteiger partial charge in [-0.05, 0) is 25.2 Å². The van der Waals surface area contributed by atoms with E-state index in [1.54, 1.807) is 12.5 Å². The van der Waals surface area contributed by atoms with E-state index in [2.05, 4.69) is 31.1 Å². The Bertz CT molecular complexity index is 512. The van der Waals surface area contributed by atoms with E-state index in [1.807, 2.05) is 17.7 Å². The molecule has 0 spiro atoms. The maximum absolute atomic E-state index is 12.5. The summed E-state index contributed by atoms with van der Waals surface area (Å²) in [6.45, 7) is 9.69. The molecule has 0 fully saturated rings. The van der Waals surface area contributed by atoms with Gasteiger partial charge in [0, 0.05) is 18.9 Å². The highest BCUT2D eigenvalue weighted by Crippen LogP contribution is 2.23. The van der Waals surface area contributed by atoms with Gasteiger partial charge in [-0.2, -0.15) is 0 Å². The summed E-state index contributed by atoms with van der Waals surface area (Å²) in [6, 6.07) is 0.0291. The number of amides is 1. The molecule has 1 aliphatic rings. The Balaban J connectivity index is 2.10. The van der Waals surface area contributed by atoms with Crippen molar-refractivity contribution in [2.45, 2.75) is 53.1 Å². The number of hydrogen-bond donors (Lipinski definition) is 1. The van der Waals surface area contributed by atoms with Gasteiger partial charge in [-0.3, -0.25) is 4.79 Å². The van der Waals surface area contributed by atoms with Crippen LogP contribution in [0.1, 0.15) is 40.5 Å². The molecule has 1 aliphatic heterocycles. The predicted octanol–water partition coefficient (Wildman–Crippen LogP) is 2.50. The first-order chi connectivity index (χ1) is 9.88. The lowest BCUT2D eigenvalue weighted by atomic mass is 9.86. The summed E-state index contributed by atoms with van der Waals surface area (Å²) in [7, 11) is 0. The van der Waals surface area contributed by atoms with Crippen molar-refractivity contribution in [1.29, 1.82) is 0 Å². The molecule has 0 radical (unpaired) electrons. The highest BCUT2D eigenvalue weighted by atomic mass is 16.5. The minimum Gasteiger partial charge on any atom is -0.498 e. The number of aromatic nitrogens is 2. The van der Waals surface area contributed by atoms with Gasteiger partial charge in [-0.1, -0.05) is 20.8 Å². The third-order valence-corrected chi connectivity index (χ3v) is 3.89. The van der Waals surface area contributed by atoms with Gasteiger partial charge in [0.15, 0.2) is 0 Å². The van der Waals surface area contributed by atoms with Gasteiger partial charge in [-0.25, -0.2) is 4.98 Å². The van der Waals surface area contributed by atoms with Crippen molar-refractivity contribution in [1.82, 2.24) is 14.9 Å². The van der Waals surface area contributed by atoms with Crippen LogP contribution in [0, 0.1) is 5.41 Å². The number of carbonyl (C=O) groups excluding carboxylic acids is 1. The van der Waals surface area contributed by atoms with E-state index in [-0.39, 0.29) is 17.4 Å². The quantitative estimate of drug-likeness (QED) is 0.927. The molecule has 2 rings (SSSR count). The molecule has 2 heterocycles. The maximum Gasteiger partial charge on any atom is 0.250 e. The number of imidazole rings is 1. The van der Waals surface area contributed by atoms with E-state index in [9.17, 15) is 4.79 Å². The Kier molecular flexibility index (Phi) is 4.70. The SMILES string of the molecule is CC1=C(C(=O)NC(Cn2ccnc2)C(C)(C)C)CCCO1. The lowest BCUT2D eigenvalue weighted by Crippen LogP contribution is -2.47. The fraction of sp³-hybridized carbons (Fsp3) is 0.625. The average molecular weight is 291 g/mol. The number of rotatable bonds is 4. The summed E-state index contributed by atoms with van der Waals surface area (Å²) in [4.78, 5) is 16.6. The molecule has 1 aromatic heterocycles. The summed E-state index contributed by atoms with van der Waals surface area (Å²) in [5, 5.41) is 3.17. The maximum atomic E-state index is 12.5. The zero-order valence-corrected chi connectivity index (χ0v) is 13.3. The second-order valence-corrected chi connectivity index (χ2v) is 6.64. The molecule has 0 aliphatic carbocycles. The molecule has 1 N–H and O–H groups in total. The van der Waals surface area contributed by atoms with E-state index in [0.717, 1.165) is 24.2 Å². The van der Waals surface area contributed by atoms with Crippen LogP contribution in [-0.2, 0) is 16.1 Å². The zero-order chi connectivity index (χ0) is 15.5. The van der Waals surface area contributed by atoms with Crippen LogP contribution in [0.4, 0.5) is 0 Å². The van der Waals surface area contributed by atoms with Gasteiger partial charge in [0.05, 0.1) is 24.5 Å². The summed E-state index contributed by atoms with van der Waals surface area (Å²) in [5.41, 5.74) is 0.741. The van der Waals surface area contributed by atoms with E-state index in [4.69, 9.17) is 4.74 Å². The van der Waals surface area contributed by atoms with Gasteiger partial charge in [0.25, 0.3) is 5.91 Å². The molecule has 1 aromatic rings. The molecule has 0 saturated carbocycles. The van der Waals surface area contributed by atoms with Gasteiger partial charge in [0.1, 0.15) is 5.76 Å². The molecule has 1 unspecified atom stereocenters. The van der Waals surface area contributed by atoms with Crippen LogP contribution in [0.25, 0.3) is 0 Å². The number of nitrogens with one attached hydrogen (secondary N) is 1. The van der Waals surface area contributed by atoms with Crippen molar-refractivity contribution in [2.75, 3.05) is 6.61 Å². The van der Waals surface area contributed by atoms with Crippen molar-refractivity contribution in [2.24, 2.45) is 5.41 Å². The second kappa shape index (κ2) is 6.33. The fourth-order valence-electron chi connectivity index (χ4n) is 2.40. The van der Waals surface area contributed by atoms with E-state index in [1.165, 1.54) is 0 Å². The molecule has 0 bridgehead atoms. The molecule has 5 heteroatoms. The first-order valence-corrected chi connectivity index (χ1v) is 7.47. The van der Waals surface area contributed by atoms with Gasteiger partial charge >= 0.3 is 0 Å². The monoisotopic (exact) mass is 291 g/mol. The summed E-state index contributed by atoms with van der Waals surface area (Å²) >= 11 is 0. The standard InChI is InChI=1S/C16H25N3O2/c1-12-13(6-5-9-21-12)15(20)18-14(16(2,3)4)10-19-8-7-17-11-19/h7-8,11,14H,5-6,9-10H2,1-4H3,(H,18,20). The number of carbonyl (C=O) groups is 1. The molecule has 1 amide bonds. The topological polar surface area (TPSA) is 56.2 Å². The van der Waals surface area contributed by atoms with Gasteiger partial charge < -0.3 is 14.6 Å². The van der Waals surface area contributed by atoms with Gasteiger partial charge in [0.2, 0.25) is 0 Å². The molecular weight excluding hydrogens is 266 g/mol. The third kappa shape index (κ3) is 4.09. The van der Waals surface area contributed by atoms with Crippen LogP contribution >= 0.6 is 0 Å². The lowest BCUT2D eigenvalue weighted by Gasteiger charge is -2.32. The van der Waals surface area contributed by atoms with Crippen molar-refractivity contribution in [3.8, 4) is 0 Å². The smallest absolute Gasteiger partial charge is 0.250 e. The summed E-state index contributed by atoms with van der Waals surface area (Å²) < 4.78 is 7.48. The van der Waals surface area contributed by atoms with E-state index in [0.29, 0.717) is 13.2 Å². The van der Waals surface area contributed by atoms with Crippen molar-refractivity contribution >= 4 is 5.91 Å². The van der Waals surface area contributed by atoms with E-state index >= 15 is 0 Å². The Hall–Kier alpha value is -1.78. The second-order valence-electron chi connectivity index (χ2n) is 6.64. The molecule has 0 aromatic carbocycles. The van der Waals surface area contributed by atoms with Crippen LogP contribution in [0.5, 0.6) is 0 Å². The number of nitrogens with zero attached hydrogens (tertiary/aromatic N) is 2. The van der Waals surface area contributed by atoms with Crippen LogP contribution in [-0.4, -0.2) is 28.1 Å². The molecule has 0 saturated heterocycles. The van der Waals surface area contributed by atoms with Gasteiger partial charge in [-0.15, -0.1) is 0 Å². The Morgan fingerprint density at radius 2 is 2.29 bits per heavy atom. The average Bonchev–Trinajstić information content (AvgIpc) is 2.90. The number of hydrogen-bond acceptors (Lipinski definition) is 3. The number of allylic oxidation sites excluding steroid dienone is 1. The molecule has 5 nitrogen and oxygen atoms in total. The van der Waals surface area contributed by atoms with Crippen LogP contribution in [0.2, 0.25) is 0 Å². The van der Waals surface area contributed by atoms with Crippen LogP contribution in [0.3, 0.4) is 0 Å². The molecular formula is C16H25N3O2. The van der Waals surface area contributed by atoms with E-state index < -0.39 is 0 Å². The van der Waals surface area contributed by atoms with Crippen LogP contribution < -0.4 is 5.32 Å². The lowest BCUT2D eigenvalue weighted by molar-refractivity contribution is -0.119. The fourth-order valence-corrected chi connectivity index (χ4v) is 2.40. The predicted molar refractivity (Wildman–Crippen MR) is 81.5 cm³/mol. The minimum atomic E-state index is -0.0378. The highest BCUT2D eigenvalue weighted by molar-refractivity contribution is 5.94. The van der Waals surface area contributed by atoms with Crippen LogP contribution in [0.15, 0.2) is 30.1 Å². The first kappa shape index (κ1) is 15.6. The molecule has 1 atom stereocenters. The molecule has 116 valence electrons. The Morgan fingerprint density at radius 3 is 2.86 bits per heavy atom. The summed E-state index contributed by atoms with van der Waals surface area (Å²) in [5.74, 6) is 0.751. The highest BCUT2D eigenvalue weighted by Gasteiger charge is 2.28. The minimum absolute atomic E-state index is 0.00718. The Morgan fingerprint density at radius 1 is 1.52 bits per heavy atom. The third-order valence-electron chi connectivity index (χ3n) is 3.89. The van der Waals surface area contributed by atoms with Crippen molar-refractivity contribution in [3.05, 3.63) is 30.1 Å². The Labute approximate surface area is 126 Å². The summed E-state index contributed by atoms with van der Waals surface area (Å²) in [6.07, 6.45) is 7.14. The largest absolute Gasteiger partial charge is 0.498 e. The molecule has 21 heavy (non-hydrogen) atoms.